The largest absolute Gasteiger partial charge is 0.385 e. The molecule has 70 valence electrons. The number of methoxy groups -OCH3 is 1. The molecule has 1 aromatic heterocycles. The zero-order valence-corrected chi connectivity index (χ0v) is 7.81. The number of hydrogen-bond donors (Lipinski definition) is 0. The highest BCUT2D eigenvalue weighted by Gasteiger charge is 1.85. The van der Waals surface area contributed by atoms with E-state index in [-0.39, 0.29) is 0 Å². The minimum absolute atomic E-state index is 0.763. The molecule has 0 aliphatic carbocycles. The van der Waals surface area contributed by atoms with Gasteiger partial charge >= 0.3 is 0 Å². The van der Waals surface area contributed by atoms with Crippen molar-refractivity contribution >= 4 is 6.21 Å². The molecule has 0 saturated heterocycles. The number of aliphatic imine (C=N–C) groups is 1. The van der Waals surface area contributed by atoms with E-state index in [1.54, 1.807) is 19.5 Å². The van der Waals surface area contributed by atoms with Crippen molar-refractivity contribution < 1.29 is 4.74 Å². The number of ether oxygens (including phenoxy) is 1. The maximum atomic E-state index is 4.90. The van der Waals surface area contributed by atoms with Gasteiger partial charge in [0.05, 0.1) is 5.69 Å². The maximum absolute atomic E-state index is 4.90. The van der Waals surface area contributed by atoms with Crippen LogP contribution >= 0.6 is 0 Å². The molecule has 0 amide bonds. The van der Waals surface area contributed by atoms with E-state index in [9.17, 15) is 0 Å². The summed E-state index contributed by atoms with van der Waals surface area (Å²) < 4.78 is 4.90. The quantitative estimate of drug-likeness (QED) is 0.506. The number of rotatable bonds is 5. The smallest absolute Gasteiger partial charge is 0.0807 e. The van der Waals surface area contributed by atoms with Crippen LogP contribution in [0.1, 0.15) is 12.1 Å². The maximum Gasteiger partial charge on any atom is 0.0807 e. The fourth-order valence-electron chi connectivity index (χ4n) is 0.911. The number of pyridine rings is 1. The monoisotopic (exact) mass is 178 g/mol. The van der Waals surface area contributed by atoms with E-state index in [2.05, 4.69) is 9.98 Å². The van der Waals surface area contributed by atoms with Crippen LogP contribution in [-0.4, -0.2) is 31.5 Å². The van der Waals surface area contributed by atoms with Crippen LogP contribution in [0.15, 0.2) is 29.4 Å². The molecule has 0 aromatic carbocycles. The first-order chi connectivity index (χ1) is 6.43. The lowest BCUT2D eigenvalue weighted by atomic mass is 10.4. The molecule has 0 radical (unpaired) electrons. The molecule has 3 heteroatoms. The van der Waals surface area contributed by atoms with Gasteiger partial charge in [-0.3, -0.25) is 9.98 Å². The lowest BCUT2D eigenvalue weighted by Crippen LogP contribution is -1.92. The standard InChI is InChI=1S/C10H14N2O/c1-13-8-4-6-11-9-10-5-2-3-7-12-10/h2-3,5,7,9H,4,6,8H2,1H3. The Labute approximate surface area is 78.5 Å². The van der Waals surface area contributed by atoms with Gasteiger partial charge in [-0.25, -0.2) is 0 Å². The topological polar surface area (TPSA) is 34.5 Å². The summed E-state index contributed by atoms with van der Waals surface area (Å²) in [5.41, 5.74) is 0.903. The molecule has 1 aromatic rings. The molecule has 0 saturated carbocycles. The summed E-state index contributed by atoms with van der Waals surface area (Å²) >= 11 is 0. The highest BCUT2D eigenvalue weighted by atomic mass is 16.5. The Hall–Kier alpha value is -1.22. The summed E-state index contributed by atoms with van der Waals surface area (Å²) in [6.45, 7) is 1.56. The second kappa shape index (κ2) is 6.31. The van der Waals surface area contributed by atoms with E-state index in [0.29, 0.717) is 0 Å². The normalized spacial score (nSPS) is 10.8. The fraction of sp³-hybridized carbons (Fsp3) is 0.400. The van der Waals surface area contributed by atoms with Crippen LogP contribution < -0.4 is 0 Å². The van der Waals surface area contributed by atoms with Gasteiger partial charge in [-0.2, -0.15) is 0 Å². The molecular formula is C10H14N2O. The number of nitrogens with zero attached hydrogens (tertiary/aromatic N) is 2. The predicted molar refractivity (Wildman–Crippen MR) is 53.2 cm³/mol. The van der Waals surface area contributed by atoms with Gasteiger partial charge < -0.3 is 4.74 Å². The van der Waals surface area contributed by atoms with E-state index < -0.39 is 0 Å². The van der Waals surface area contributed by atoms with Crippen LogP contribution in [-0.2, 0) is 4.74 Å². The molecule has 1 rings (SSSR count). The van der Waals surface area contributed by atoms with Crippen molar-refractivity contribution in [3.05, 3.63) is 30.1 Å². The minimum Gasteiger partial charge on any atom is -0.385 e. The predicted octanol–water partition coefficient (Wildman–Crippen LogP) is 1.54. The van der Waals surface area contributed by atoms with Crippen LogP contribution in [0.25, 0.3) is 0 Å². The molecule has 1 heterocycles. The summed E-state index contributed by atoms with van der Waals surface area (Å²) in [6.07, 6.45) is 4.51. The third-order valence-corrected chi connectivity index (χ3v) is 1.55. The van der Waals surface area contributed by atoms with Crippen molar-refractivity contribution in [3.63, 3.8) is 0 Å². The van der Waals surface area contributed by atoms with Gasteiger partial charge in [0.15, 0.2) is 0 Å². The van der Waals surface area contributed by atoms with Gasteiger partial charge in [0.1, 0.15) is 0 Å². The van der Waals surface area contributed by atoms with Crippen molar-refractivity contribution in [1.82, 2.24) is 4.98 Å². The summed E-state index contributed by atoms with van der Waals surface area (Å²) in [6, 6.07) is 5.77. The van der Waals surface area contributed by atoms with Gasteiger partial charge in [0, 0.05) is 32.7 Å². The lowest BCUT2D eigenvalue weighted by molar-refractivity contribution is 0.197. The molecule has 0 atom stereocenters. The average Bonchev–Trinajstić information content (AvgIpc) is 2.19. The Balaban J connectivity index is 2.25. The van der Waals surface area contributed by atoms with Gasteiger partial charge in [0.25, 0.3) is 0 Å². The van der Waals surface area contributed by atoms with Crippen molar-refractivity contribution in [2.24, 2.45) is 4.99 Å². The van der Waals surface area contributed by atoms with Crippen molar-refractivity contribution in [1.29, 1.82) is 0 Å². The second-order valence-electron chi connectivity index (χ2n) is 2.64. The molecule has 0 aliphatic heterocycles. The first-order valence-electron chi connectivity index (χ1n) is 4.33. The van der Waals surface area contributed by atoms with Crippen LogP contribution in [0, 0.1) is 0 Å². The zero-order valence-electron chi connectivity index (χ0n) is 7.81. The van der Waals surface area contributed by atoms with Gasteiger partial charge in [-0.15, -0.1) is 0 Å². The fourth-order valence-corrected chi connectivity index (χ4v) is 0.911. The van der Waals surface area contributed by atoms with Crippen molar-refractivity contribution in [3.8, 4) is 0 Å². The van der Waals surface area contributed by atoms with Crippen LogP contribution in [0.4, 0.5) is 0 Å². The molecule has 3 nitrogen and oxygen atoms in total. The summed E-state index contributed by atoms with van der Waals surface area (Å²) in [4.78, 5) is 8.33. The SMILES string of the molecule is COCCCN=Cc1ccccn1. The molecule has 0 aliphatic rings. The molecule has 0 unspecified atom stereocenters. The van der Waals surface area contributed by atoms with Crippen molar-refractivity contribution in [2.45, 2.75) is 6.42 Å². The number of aromatic nitrogens is 1. The average molecular weight is 178 g/mol. The highest BCUT2D eigenvalue weighted by Crippen LogP contribution is 1.89. The molecule has 13 heavy (non-hydrogen) atoms. The third-order valence-electron chi connectivity index (χ3n) is 1.55. The molecule has 0 bridgehead atoms. The Morgan fingerprint density at radius 3 is 3.15 bits per heavy atom. The second-order valence-corrected chi connectivity index (χ2v) is 2.64. The first-order valence-corrected chi connectivity index (χ1v) is 4.33. The molecule has 0 N–H and O–H groups in total. The van der Waals surface area contributed by atoms with Crippen LogP contribution in [0.2, 0.25) is 0 Å². The van der Waals surface area contributed by atoms with Crippen molar-refractivity contribution in [2.75, 3.05) is 20.3 Å². The van der Waals surface area contributed by atoms with E-state index in [1.807, 2.05) is 18.2 Å². The Morgan fingerprint density at radius 1 is 1.54 bits per heavy atom. The van der Waals surface area contributed by atoms with E-state index in [4.69, 9.17) is 4.74 Å². The summed E-state index contributed by atoms with van der Waals surface area (Å²) in [5.74, 6) is 0. The Bertz CT molecular complexity index is 246. The molecule has 0 fully saturated rings. The van der Waals surface area contributed by atoms with Crippen LogP contribution in [0.3, 0.4) is 0 Å². The Morgan fingerprint density at radius 2 is 2.46 bits per heavy atom. The van der Waals surface area contributed by atoms with E-state index in [1.165, 1.54) is 0 Å². The Kier molecular flexibility index (Phi) is 4.79. The van der Waals surface area contributed by atoms with E-state index in [0.717, 1.165) is 25.3 Å². The molecule has 0 spiro atoms. The minimum atomic E-state index is 0.763. The van der Waals surface area contributed by atoms with Gasteiger partial charge in [0.2, 0.25) is 0 Å². The number of hydrogen-bond acceptors (Lipinski definition) is 3. The van der Waals surface area contributed by atoms with Gasteiger partial charge in [-0.05, 0) is 18.6 Å². The van der Waals surface area contributed by atoms with Gasteiger partial charge in [-0.1, -0.05) is 6.07 Å². The molecular weight excluding hydrogens is 164 g/mol. The zero-order chi connectivity index (χ0) is 9.36. The van der Waals surface area contributed by atoms with Crippen LogP contribution in [0.5, 0.6) is 0 Å². The highest BCUT2D eigenvalue weighted by molar-refractivity contribution is 5.76. The van der Waals surface area contributed by atoms with E-state index >= 15 is 0 Å². The summed E-state index contributed by atoms with van der Waals surface area (Å²) in [5, 5.41) is 0. The first kappa shape index (κ1) is 9.86. The lowest BCUT2D eigenvalue weighted by Gasteiger charge is -1.93. The third kappa shape index (κ3) is 4.38. The summed E-state index contributed by atoms with van der Waals surface area (Å²) in [7, 11) is 1.70.